The van der Waals surface area contributed by atoms with Gasteiger partial charge in [0.1, 0.15) is 4.88 Å². The van der Waals surface area contributed by atoms with E-state index in [0.29, 0.717) is 15.7 Å². The first-order valence-corrected chi connectivity index (χ1v) is 6.48. The summed E-state index contributed by atoms with van der Waals surface area (Å²) in [4.78, 5) is 15.4. The van der Waals surface area contributed by atoms with Gasteiger partial charge in [-0.25, -0.2) is 9.78 Å². The number of carbonyl (C=O) groups is 1. The number of aryl methyl sites for hydroxylation is 1. The van der Waals surface area contributed by atoms with Crippen LogP contribution in [0.4, 0.5) is 5.13 Å². The topological polar surface area (TPSA) is 71.5 Å². The number of nitrogens with zero attached hydrogens (tertiary/aromatic N) is 1. The van der Waals surface area contributed by atoms with Crippen molar-refractivity contribution in [1.82, 2.24) is 4.98 Å². The Hall–Kier alpha value is -1.14. The van der Waals surface area contributed by atoms with Crippen molar-refractivity contribution in [2.45, 2.75) is 38.8 Å². The molecule has 0 radical (unpaired) electrons. The molecule has 1 aliphatic heterocycles. The summed E-state index contributed by atoms with van der Waals surface area (Å²) in [6.45, 7) is 4.56. The lowest BCUT2D eigenvalue weighted by Crippen LogP contribution is -2.29. The van der Waals surface area contributed by atoms with E-state index in [1.54, 1.807) is 6.92 Å². The number of nitrogens with one attached hydrogen (secondary N) is 1. The monoisotopic (exact) mass is 256 g/mol. The van der Waals surface area contributed by atoms with Gasteiger partial charge in [0.15, 0.2) is 5.13 Å². The van der Waals surface area contributed by atoms with Crippen molar-refractivity contribution in [3.63, 3.8) is 0 Å². The molecular formula is C11H16N2O3S. The molecule has 94 valence electrons. The molecule has 2 unspecified atom stereocenters. The first-order chi connectivity index (χ1) is 8.08. The summed E-state index contributed by atoms with van der Waals surface area (Å²) in [5.41, 5.74) is 0.560. The van der Waals surface area contributed by atoms with Gasteiger partial charge in [-0.05, 0) is 26.7 Å². The number of rotatable bonds is 4. The van der Waals surface area contributed by atoms with E-state index in [1.165, 1.54) is 11.3 Å². The highest BCUT2D eigenvalue weighted by Crippen LogP contribution is 2.25. The second-order valence-electron chi connectivity index (χ2n) is 4.22. The summed E-state index contributed by atoms with van der Waals surface area (Å²) in [6, 6.07) is 0.157. The first-order valence-electron chi connectivity index (χ1n) is 5.67. The van der Waals surface area contributed by atoms with Crippen molar-refractivity contribution < 1.29 is 14.6 Å². The fourth-order valence-electron chi connectivity index (χ4n) is 1.94. The van der Waals surface area contributed by atoms with Gasteiger partial charge in [-0.15, -0.1) is 0 Å². The Bertz CT molecular complexity index is 413. The second-order valence-corrected chi connectivity index (χ2v) is 5.22. The Morgan fingerprint density at radius 1 is 1.71 bits per heavy atom. The van der Waals surface area contributed by atoms with Crippen LogP contribution in [0.25, 0.3) is 0 Å². The molecule has 1 fully saturated rings. The molecular weight excluding hydrogens is 240 g/mol. The molecule has 0 aromatic carbocycles. The molecule has 0 bridgehead atoms. The van der Waals surface area contributed by atoms with Crippen molar-refractivity contribution in [1.29, 1.82) is 0 Å². The van der Waals surface area contributed by atoms with Gasteiger partial charge in [0.25, 0.3) is 0 Å². The zero-order valence-corrected chi connectivity index (χ0v) is 10.7. The van der Waals surface area contributed by atoms with Crippen molar-refractivity contribution in [3.05, 3.63) is 10.6 Å². The average molecular weight is 256 g/mol. The Morgan fingerprint density at radius 3 is 3.00 bits per heavy atom. The van der Waals surface area contributed by atoms with E-state index in [4.69, 9.17) is 9.84 Å². The highest BCUT2D eigenvalue weighted by atomic mass is 32.1. The minimum absolute atomic E-state index is 0.157. The Labute approximate surface area is 104 Å². The van der Waals surface area contributed by atoms with Gasteiger partial charge in [-0.3, -0.25) is 0 Å². The predicted octanol–water partition coefficient (Wildman–Crippen LogP) is 2.13. The molecule has 0 amide bonds. The lowest BCUT2D eigenvalue weighted by molar-refractivity contribution is 0.0701. The van der Waals surface area contributed by atoms with Gasteiger partial charge >= 0.3 is 5.97 Å². The SMILES string of the molecule is Cc1nc(NC(C)C2CCCO2)sc1C(=O)O. The van der Waals surface area contributed by atoms with Gasteiger partial charge in [0.05, 0.1) is 17.8 Å². The fourth-order valence-corrected chi connectivity index (χ4v) is 2.84. The lowest BCUT2D eigenvalue weighted by atomic mass is 10.1. The van der Waals surface area contributed by atoms with Crippen LogP contribution in [0.2, 0.25) is 0 Å². The number of aromatic nitrogens is 1. The van der Waals surface area contributed by atoms with Crippen molar-refractivity contribution >= 4 is 22.4 Å². The van der Waals surface area contributed by atoms with E-state index >= 15 is 0 Å². The van der Waals surface area contributed by atoms with Crippen LogP contribution in [0, 0.1) is 6.92 Å². The minimum Gasteiger partial charge on any atom is -0.477 e. The summed E-state index contributed by atoms with van der Waals surface area (Å²) in [7, 11) is 0. The van der Waals surface area contributed by atoms with Crippen molar-refractivity contribution in [3.8, 4) is 0 Å². The number of hydrogen-bond donors (Lipinski definition) is 2. The molecule has 1 aliphatic rings. The Morgan fingerprint density at radius 2 is 2.47 bits per heavy atom. The standard InChI is InChI=1S/C11H16N2O3S/c1-6(8-4-3-5-16-8)12-11-13-7(2)9(17-11)10(14)15/h6,8H,3-5H2,1-2H3,(H,12,13)(H,14,15). The van der Waals surface area contributed by atoms with E-state index in [0.717, 1.165) is 19.4 Å². The fraction of sp³-hybridized carbons (Fsp3) is 0.636. The molecule has 17 heavy (non-hydrogen) atoms. The van der Waals surface area contributed by atoms with E-state index in [2.05, 4.69) is 10.3 Å². The molecule has 6 heteroatoms. The third kappa shape index (κ3) is 2.76. The third-order valence-electron chi connectivity index (χ3n) is 2.86. The maximum atomic E-state index is 10.9. The summed E-state index contributed by atoms with van der Waals surface area (Å²) in [6.07, 6.45) is 2.34. The summed E-state index contributed by atoms with van der Waals surface area (Å²) >= 11 is 1.18. The van der Waals surface area contributed by atoms with E-state index in [-0.39, 0.29) is 12.1 Å². The van der Waals surface area contributed by atoms with Gasteiger partial charge in [0, 0.05) is 6.61 Å². The largest absolute Gasteiger partial charge is 0.477 e. The summed E-state index contributed by atoms with van der Waals surface area (Å²) in [5, 5.41) is 12.8. The lowest BCUT2D eigenvalue weighted by Gasteiger charge is -2.19. The van der Waals surface area contributed by atoms with E-state index in [1.807, 2.05) is 6.92 Å². The van der Waals surface area contributed by atoms with Crippen LogP contribution in [-0.4, -0.2) is 34.8 Å². The van der Waals surface area contributed by atoms with Crippen LogP contribution < -0.4 is 5.32 Å². The van der Waals surface area contributed by atoms with Gasteiger partial charge in [0.2, 0.25) is 0 Å². The molecule has 5 nitrogen and oxygen atoms in total. The molecule has 0 aliphatic carbocycles. The van der Waals surface area contributed by atoms with Crippen LogP contribution >= 0.6 is 11.3 Å². The zero-order valence-electron chi connectivity index (χ0n) is 9.90. The predicted molar refractivity (Wildman–Crippen MR) is 65.9 cm³/mol. The van der Waals surface area contributed by atoms with E-state index < -0.39 is 5.97 Å². The summed E-state index contributed by atoms with van der Waals surface area (Å²) in [5.74, 6) is -0.919. The molecule has 0 spiro atoms. The molecule has 1 aromatic heterocycles. The summed E-state index contributed by atoms with van der Waals surface area (Å²) < 4.78 is 5.57. The highest BCUT2D eigenvalue weighted by Gasteiger charge is 2.23. The number of carboxylic acid groups (broad SMARTS) is 1. The van der Waals surface area contributed by atoms with Crippen molar-refractivity contribution in [2.75, 3.05) is 11.9 Å². The molecule has 1 aromatic rings. The number of ether oxygens (including phenoxy) is 1. The molecule has 0 saturated carbocycles. The molecule has 1 saturated heterocycles. The third-order valence-corrected chi connectivity index (χ3v) is 3.94. The van der Waals surface area contributed by atoms with Crippen molar-refractivity contribution in [2.24, 2.45) is 0 Å². The van der Waals surface area contributed by atoms with Crippen LogP contribution in [0.1, 0.15) is 35.1 Å². The number of thiazole rings is 1. The normalized spacial score (nSPS) is 21.4. The van der Waals surface area contributed by atoms with Crippen LogP contribution in [0.15, 0.2) is 0 Å². The first kappa shape index (κ1) is 12.3. The van der Waals surface area contributed by atoms with Gasteiger partial charge in [-0.2, -0.15) is 0 Å². The number of carboxylic acids is 1. The minimum atomic E-state index is -0.919. The number of hydrogen-bond acceptors (Lipinski definition) is 5. The molecule has 2 heterocycles. The maximum Gasteiger partial charge on any atom is 0.347 e. The smallest absolute Gasteiger partial charge is 0.347 e. The quantitative estimate of drug-likeness (QED) is 0.863. The molecule has 2 N–H and O–H groups in total. The highest BCUT2D eigenvalue weighted by molar-refractivity contribution is 7.17. The second kappa shape index (κ2) is 5.01. The molecule has 2 atom stereocenters. The Kier molecular flexibility index (Phi) is 3.63. The molecule has 2 rings (SSSR count). The van der Waals surface area contributed by atoms with E-state index in [9.17, 15) is 4.79 Å². The number of anilines is 1. The number of aromatic carboxylic acids is 1. The van der Waals surface area contributed by atoms with Gasteiger partial charge in [-0.1, -0.05) is 11.3 Å². The van der Waals surface area contributed by atoms with Crippen LogP contribution in [0.5, 0.6) is 0 Å². The van der Waals surface area contributed by atoms with Crippen LogP contribution in [0.3, 0.4) is 0 Å². The Balaban J connectivity index is 2.03. The average Bonchev–Trinajstić information content (AvgIpc) is 2.86. The van der Waals surface area contributed by atoms with Crippen LogP contribution in [-0.2, 0) is 4.74 Å². The van der Waals surface area contributed by atoms with Gasteiger partial charge < -0.3 is 15.2 Å². The zero-order chi connectivity index (χ0) is 12.4. The maximum absolute atomic E-state index is 10.9.